The summed E-state index contributed by atoms with van der Waals surface area (Å²) in [6.45, 7) is -0.485. The van der Waals surface area contributed by atoms with E-state index in [1.165, 1.54) is 0 Å². The van der Waals surface area contributed by atoms with Crippen LogP contribution >= 0.6 is 0 Å². The average molecular weight is 474 g/mol. The number of rotatable bonds is 3. The monoisotopic (exact) mass is 474 g/mol. The lowest BCUT2D eigenvalue weighted by Crippen LogP contribution is -2.97. The van der Waals surface area contributed by atoms with Crippen molar-refractivity contribution in [2.45, 2.75) is 53.7 Å². The van der Waals surface area contributed by atoms with E-state index in [2.05, 4.69) is 11.3 Å². The van der Waals surface area contributed by atoms with Crippen molar-refractivity contribution in [3.8, 4) is 0 Å². The van der Waals surface area contributed by atoms with Crippen LogP contribution in [0.15, 0.2) is 12.2 Å². The molecule has 2 aliphatic carbocycles. The number of esters is 1. The molecule has 0 amide bonds. The van der Waals surface area contributed by atoms with E-state index in [1.54, 1.807) is 0 Å². The largest absolute Gasteiger partial charge is 0.436 e. The topological polar surface area (TPSA) is 26.3 Å². The Morgan fingerprint density at radius 3 is 1.57 bits per heavy atom. The molecular formula is C14H8F14O2. The molecule has 2 saturated carbocycles. The summed E-state index contributed by atoms with van der Waals surface area (Å²) in [5.74, 6) is -52.5. The second kappa shape index (κ2) is 5.72. The van der Waals surface area contributed by atoms with E-state index in [0.29, 0.717) is 6.92 Å². The van der Waals surface area contributed by atoms with E-state index in [0.717, 1.165) is 0 Å². The molecule has 2 aliphatic rings. The van der Waals surface area contributed by atoms with Gasteiger partial charge in [-0.05, 0) is 6.92 Å². The van der Waals surface area contributed by atoms with Crippen LogP contribution in [0.2, 0.25) is 0 Å². The number of carbonyl (C=O) groups is 1. The Morgan fingerprint density at radius 2 is 1.20 bits per heavy atom. The van der Waals surface area contributed by atoms with Gasteiger partial charge in [-0.25, -0.2) is 26.7 Å². The van der Waals surface area contributed by atoms with E-state index in [4.69, 9.17) is 0 Å². The molecule has 2 rings (SSSR count). The van der Waals surface area contributed by atoms with Gasteiger partial charge in [-0.15, -0.1) is 0 Å². The summed E-state index contributed by atoms with van der Waals surface area (Å²) in [5.41, 5.74) is -15.9. The maximum atomic E-state index is 14.7. The summed E-state index contributed by atoms with van der Waals surface area (Å²) < 4.78 is 201. The molecule has 0 spiro atoms. The van der Waals surface area contributed by atoms with Gasteiger partial charge in [-0.1, -0.05) is 6.58 Å². The number of hydrogen-bond acceptors (Lipinski definition) is 2. The first kappa shape index (κ1) is 24.5. The molecule has 0 aliphatic heterocycles. The van der Waals surface area contributed by atoms with Gasteiger partial charge in [0.1, 0.15) is 12.6 Å². The van der Waals surface area contributed by atoms with Crippen molar-refractivity contribution in [1.82, 2.24) is 0 Å². The van der Waals surface area contributed by atoms with E-state index in [1.807, 2.05) is 0 Å². The van der Waals surface area contributed by atoms with E-state index < -0.39 is 70.9 Å². The van der Waals surface area contributed by atoms with Crippen LogP contribution in [0.4, 0.5) is 61.5 Å². The highest BCUT2D eigenvalue weighted by molar-refractivity contribution is 5.87. The van der Waals surface area contributed by atoms with Gasteiger partial charge in [0.05, 0.1) is 0 Å². The van der Waals surface area contributed by atoms with Gasteiger partial charge >= 0.3 is 52.8 Å². The van der Waals surface area contributed by atoms with Crippen LogP contribution in [-0.2, 0) is 9.53 Å². The van der Waals surface area contributed by atoms with Crippen molar-refractivity contribution in [2.24, 2.45) is 5.92 Å². The first-order chi connectivity index (χ1) is 13.0. The Balaban J connectivity index is 3.19. The molecule has 3 atom stereocenters. The highest BCUT2D eigenvalue weighted by atomic mass is 19.4. The number of ether oxygens (including phenoxy) is 1. The second-order valence-corrected chi connectivity index (χ2v) is 6.76. The molecule has 30 heavy (non-hydrogen) atoms. The van der Waals surface area contributed by atoms with Crippen LogP contribution in [0.3, 0.4) is 0 Å². The van der Waals surface area contributed by atoms with Crippen molar-refractivity contribution >= 4 is 5.97 Å². The molecule has 0 aromatic heterocycles. The molecule has 0 aromatic rings. The molecule has 0 radical (unpaired) electrons. The maximum Gasteiger partial charge on any atom is 0.380 e. The smallest absolute Gasteiger partial charge is 0.380 e. The summed E-state index contributed by atoms with van der Waals surface area (Å²) in [4.78, 5) is 11.4. The Hall–Kier alpha value is -1.77. The van der Waals surface area contributed by atoms with Crippen LogP contribution < -0.4 is 0 Å². The van der Waals surface area contributed by atoms with Crippen molar-refractivity contribution in [1.29, 1.82) is 0 Å². The minimum atomic E-state index is -7.75. The number of carbonyl (C=O) groups excluding carboxylic acids is 1. The Kier molecular flexibility index (Phi) is 4.67. The molecule has 174 valence electrons. The van der Waals surface area contributed by atoms with Crippen LogP contribution in [0.25, 0.3) is 0 Å². The fraction of sp³-hybridized carbons (Fsp3) is 0.786. The molecule has 16 heteroatoms. The van der Waals surface area contributed by atoms with Gasteiger partial charge in [-0.3, -0.25) is 4.39 Å². The molecule has 0 heterocycles. The molecule has 0 saturated heterocycles. The van der Waals surface area contributed by atoms with E-state index in [9.17, 15) is 66.3 Å². The summed E-state index contributed by atoms with van der Waals surface area (Å²) >= 11 is 0. The third-order valence-electron chi connectivity index (χ3n) is 5.09. The molecule has 3 unspecified atom stereocenters. The second-order valence-electron chi connectivity index (χ2n) is 6.76. The zero-order valence-electron chi connectivity index (χ0n) is 14.1. The van der Waals surface area contributed by atoms with Crippen LogP contribution in [0.1, 0.15) is 6.92 Å². The predicted octanol–water partition coefficient (Wildman–Crippen LogP) is 4.98. The number of alkyl halides is 14. The minimum Gasteiger partial charge on any atom is -0.436 e. The van der Waals surface area contributed by atoms with Gasteiger partial charge in [-0.2, -0.15) is 35.1 Å². The van der Waals surface area contributed by atoms with Crippen LogP contribution in [0, 0.1) is 5.92 Å². The maximum absolute atomic E-state index is 14.7. The molecule has 2 nitrogen and oxygen atoms in total. The van der Waals surface area contributed by atoms with Gasteiger partial charge in [0, 0.05) is 5.57 Å². The zero-order valence-corrected chi connectivity index (χ0v) is 14.1. The number of fused-ring (bicyclic) bond motifs is 2. The Morgan fingerprint density at radius 1 is 0.767 bits per heavy atom. The van der Waals surface area contributed by atoms with E-state index in [-0.39, 0.29) is 0 Å². The summed E-state index contributed by atoms with van der Waals surface area (Å²) in [6, 6.07) is 0. The summed E-state index contributed by atoms with van der Waals surface area (Å²) in [7, 11) is 0. The Labute approximate surface area is 156 Å². The van der Waals surface area contributed by atoms with Crippen molar-refractivity contribution in [3.05, 3.63) is 12.2 Å². The number of halogens is 14. The first-order valence-corrected chi connectivity index (χ1v) is 7.43. The minimum absolute atomic E-state index is 0.385. The summed E-state index contributed by atoms with van der Waals surface area (Å²) in [6.07, 6.45) is 0. The van der Waals surface area contributed by atoms with Crippen molar-refractivity contribution in [2.75, 3.05) is 6.67 Å². The van der Waals surface area contributed by atoms with E-state index >= 15 is 0 Å². The highest BCUT2D eigenvalue weighted by Crippen LogP contribution is 2.79. The molecule has 0 aromatic carbocycles. The molecular weight excluding hydrogens is 466 g/mol. The quantitative estimate of drug-likeness (QED) is 0.328. The lowest BCUT2D eigenvalue weighted by molar-refractivity contribution is -0.549. The fourth-order valence-electron chi connectivity index (χ4n) is 3.44. The third-order valence-corrected chi connectivity index (χ3v) is 5.09. The van der Waals surface area contributed by atoms with Gasteiger partial charge in [0.25, 0.3) is 0 Å². The highest BCUT2D eigenvalue weighted by Gasteiger charge is 3.12. The summed E-state index contributed by atoms with van der Waals surface area (Å²) in [5, 5.41) is 0. The van der Waals surface area contributed by atoms with Gasteiger partial charge < -0.3 is 4.74 Å². The normalized spacial score (nSPS) is 39.1. The first-order valence-electron chi connectivity index (χ1n) is 7.43. The number of hydrogen-bond donors (Lipinski definition) is 0. The van der Waals surface area contributed by atoms with Crippen molar-refractivity contribution in [3.63, 3.8) is 0 Å². The molecule has 2 bridgehead atoms. The lowest BCUT2D eigenvalue weighted by Gasteiger charge is -2.65. The zero-order chi connectivity index (χ0) is 24.1. The average Bonchev–Trinajstić information content (AvgIpc) is 2.55. The van der Waals surface area contributed by atoms with Crippen LogP contribution in [-0.4, -0.2) is 59.4 Å². The van der Waals surface area contributed by atoms with Crippen molar-refractivity contribution < 1.29 is 71.0 Å². The fourth-order valence-corrected chi connectivity index (χ4v) is 3.44. The SMILES string of the molecule is C=C(C)C(=O)OC12C(F)(F)C(CF)C(F)(F)C(F)(C(F)(F)C(F)(F)C1(F)F)C2(F)F. The van der Waals surface area contributed by atoms with Gasteiger partial charge in [0.15, 0.2) is 0 Å². The third kappa shape index (κ3) is 1.92. The Bertz CT molecular complexity index is 790. The molecule has 2 fully saturated rings. The standard InChI is InChI=1S/C14H8F14O2/c1-4(2)6(29)30-10-8(18,19)5(3-15)7(16,17)9(20,11(10,21)22)12(23,24)14(27,28)13(10,25)26/h5H,1,3H2,2H3. The molecule has 0 N–H and O–H groups in total. The lowest BCUT2D eigenvalue weighted by atomic mass is 9.52. The van der Waals surface area contributed by atoms with Gasteiger partial charge in [0.2, 0.25) is 0 Å². The van der Waals surface area contributed by atoms with Crippen LogP contribution in [0.5, 0.6) is 0 Å². The predicted molar refractivity (Wildman–Crippen MR) is 66.6 cm³/mol.